The highest BCUT2D eigenvalue weighted by atomic mass is 16.6. The molecule has 2 rings (SSSR count). The van der Waals surface area contributed by atoms with Crippen molar-refractivity contribution in [2.75, 3.05) is 7.11 Å². The number of esters is 1. The van der Waals surface area contributed by atoms with Crippen LogP contribution < -0.4 is 0 Å². The number of cyclic esters (lactones) is 1. The number of ether oxygens (including phenoxy) is 2. The van der Waals surface area contributed by atoms with Gasteiger partial charge in [-0.15, -0.1) is 6.58 Å². The standard InChI is InChI=1S/C15H19NO4/c1-5-8-15(11-7-6-9-19-11)14(17)20-12(10(2)3)13(16-15)18-4/h5-7,9-10,12H,1,8H2,2-4H3/t12-,15+/m0/s1. The third-order valence-corrected chi connectivity index (χ3v) is 3.30. The molecule has 20 heavy (non-hydrogen) atoms. The maximum atomic E-state index is 12.5. The van der Waals surface area contributed by atoms with Gasteiger partial charge in [0.05, 0.1) is 13.4 Å². The van der Waals surface area contributed by atoms with Crippen LogP contribution in [0.5, 0.6) is 0 Å². The number of hydrogen-bond donors (Lipinski definition) is 0. The topological polar surface area (TPSA) is 61.0 Å². The largest absolute Gasteiger partial charge is 0.482 e. The third-order valence-electron chi connectivity index (χ3n) is 3.30. The number of furan rings is 1. The van der Waals surface area contributed by atoms with E-state index in [-0.39, 0.29) is 12.3 Å². The first-order valence-electron chi connectivity index (χ1n) is 6.55. The second-order valence-corrected chi connectivity index (χ2v) is 5.05. The van der Waals surface area contributed by atoms with Crippen LogP contribution in [0.15, 0.2) is 40.5 Å². The average Bonchev–Trinajstić information content (AvgIpc) is 2.95. The molecule has 0 saturated carbocycles. The Hall–Kier alpha value is -2.04. The number of aliphatic imine (C=N–C) groups is 1. The zero-order chi connectivity index (χ0) is 14.8. The summed E-state index contributed by atoms with van der Waals surface area (Å²) in [6.07, 6.45) is 2.94. The molecular weight excluding hydrogens is 258 g/mol. The number of rotatable bonds is 4. The van der Waals surface area contributed by atoms with Crippen molar-refractivity contribution < 1.29 is 18.7 Å². The smallest absolute Gasteiger partial charge is 0.343 e. The molecule has 0 amide bonds. The van der Waals surface area contributed by atoms with Crippen LogP contribution >= 0.6 is 0 Å². The van der Waals surface area contributed by atoms with Crippen molar-refractivity contribution in [3.05, 3.63) is 36.8 Å². The Morgan fingerprint density at radius 2 is 2.35 bits per heavy atom. The van der Waals surface area contributed by atoms with E-state index in [0.29, 0.717) is 11.7 Å². The number of methoxy groups -OCH3 is 1. The first kappa shape index (κ1) is 14.4. The minimum Gasteiger partial charge on any atom is -0.482 e. The Bertz CT molecular complexity index is 518. The molecule has 0 spiro atoms. The van der Waals surface area contributed by atoms with Gasteiger partial charge in [0.25, 0.3) is 0 Å². The van der Waals surface area contributed by atoms with Crippen LogP contribution in [0.4, 0.5) is 0 Å². The summed E-state index contributed by atoms with van der Waals surface area (Å²) < 4.78 is 16.2. The van der Waals surface area contributed by atoms with Gasteiger partial charge in [-0.05, 0) is 18.1 Å². The Balaban J connectivity index is 2.54. The van der Waals surface area contributed by atoms with E-state index in [9.17, 15) is 4.79 Å². The maximum absolute atomic E-state index is 12.5. The molecule has 1 aromatic heterocycles. The highest BCUT2D eigenvalue weighted by molar-refractivity contribution is 5.94. The monoisotopic (exact) mass is 277 g/mol. The first-order chi connectivity index (χ1) is 9.55. The van der Waals surface area contributed by atoms with Crippen LogP contribution in [-0.4, -0.2) is 25.1 Å². The van der Waals surface area contributed by atoms with Crippen molar-refractivity contribution in [1.82, 2.24) is 0 Å². The second-order valence-electron chi connectivity index (χ2n) is 5.05. The summed E-state index contributed by atoms with van der Waals surface area (Å²) in [4.78, 5) is 17.0. The molecule has 1 aliphatic rings. The zero-order valence-corrected chi connectivity index (χ0v) is 12.0. The van der Waals surface area contributed by atoms with Gasteiger partial charge < -0.3 is 13.9 Å². The first-order valence-corrected chi connectivity index (χ1v) is 6.55. The van der Waals surface area contributed by atoms with Crippen LogP contribution in [0, 0.1) is 5.92 Å². The lowest BCUT2D eigenvalue weighted by Crippen LogP contribution is -2.48. The molecule has 1 aromatic rings. The van der Waals surface area contributed by atoms with Crippen LogP contribution in [0.1, 0.15) is 26.0 Å². The Labute approximate surface area is 118 Å². The lowest BCUT2D eigenvalue weighted by Gasteiger charge is -2.34. The van der Waals surface area contributed by atoms with Crippen molar-refractivity contribution in [1.29, 1.82) is 0 Å². The van der Waals surface area contributed by atoms with E-state index in [2.05, 4.69) is 11.6 Å². The van der Waals surface area contributed by atoms with Crippen LogP contribution in [0.3, 0.4) is 0 Å². The summed E-state index contributed by atoms with van der Waals surface area (Å²) in [6, 6.07) is 3.42. The predicted molar refractivity (Wildman–Crippen MR) is 74.4 cm³/mol. The van der Waals surface area contributed by atoms with E-state index < -0.39 is 17.6 Å². The molecule has 0 N–H and O–H groups in total. The van der Waals surface area contributed by atoms with E-state index in [0.717, 1.165) is 0 Å². The average molecular weight is 277 g/mol. The van der Waals surface area contributed by atoms with Crippen LogP contribution in [0.2, 0.25) is 0 Å². The molecule has 1 aliphatic heterocycles. The molecule has 0 aromatic carbocycles. The molecule has 0 saturated heterocycles. The minimum atomic E-state index is -1.23. The summed E-state index contributed by atoms with van der Waals surface area (Å²) in [7, 11) is 1.52. The van der Waals surface area contributed by atoms with Gasteiger partial charge >= 0.3 is 5.97 Å². The number of hydrogen-bond acceptors (Lipinski definition) is 5. The molecule has 0 fully saturated rings. The number of nitrogens with zero attached hydrogens (tertiary/aromatic N) is 1. The van der Waals surface area contributed by atoms with Gasteiger partial charge in [0.2, 0.25) is 11.4 Å². The fraction of sp³-hybridized carbons (Fsp3) is 0.467. The van der Waals surface area contributed by atoms with Gasteiger partial charge in [-0.1, -0.05) is 19.9 Å². The van der Waals surface area contributed by atoms with Crippen molar-refractivity contribution in [3.8, 4) is 0 Å². The van der Waals surface area contributed by atoms with Crippen molar-refractivity contribution in [3.63, 3.8) is 0 Å². The SMILES string of the molecule is C=CC[C@]1(c2ccco2)N=C(OC)[C@H](C(C)C)OC1=O. The lowest BCUT2D eigenvalue weighted by atomic mass is 9.90. The van der Waals surface area contributed by atoms with Gasteiger partial charge in [-0.2, -0.15) is 0 Å². The fourth-order valence-electron chi connectivity index (χ4n) is 2.25. The third kappa shape index (κ3) is 2.24. The van der Waals surface area contributed by atoms with Crippen molar-refractivity contribution in [2.24, 2.45) is 10.9 Å². The van der Waals surface area contributed by atoms with Gasteiger partial charge in [0, 0.05) is 6.42 Å². The number of carbonyl (C=O) groups is 1. The van der Waals surface area contributed by atoms with Crippen molar-refractivity contribution in [2.45, 2.75) is 31.9 Å². The highest BCUT2D eigenvalue weighted by Crippen LogP contribution is 2.37. The second kappa shape index (κ2) is 5.53. The molecule has 5 heteroatoms. The van der Waals surface area contributed by atoms with E-state index >= 15 is 0 Å². The van der Waals surface area contributed by atoms with E-state index in [1.165, 1.54) is 13.4 Å². The Morgan fingerprint density at radius 3 is 2.85 bits per heavy atom. The highest BCUT2D eigenvalue weighted by Gasteiger charge is 2.50. The fourth-order valence-corrected chi connectivity index (χ4v) is 2.25. The summed E-state index contributed by atoms with van der Waals surface area (Å²) in [5, 5.41) is 0. The summed E-state index contributed by atoms with van der Waals surface area (Å²) >= 11 is 0. The quantitative estimate of drug-likeness (QED) is 0.627. The molecule has 2 heterocycles. The van der Waals surface area contributed by atoms with Gasteiger partial charge in [0.1, 0.15) is 5.76 Å². The molecule has 2 atom stereocenters. The molecule has 0 bridgehead atoms. The Morgan fingerprint density at radius 1 is 1.60 bits per heavy atom. The molecular formula is C15H19NO4. The van der Waals surface area contributed by atoms with E-state index in [4.69, 9.17) is 13.9 Å². The van der Waals surface area contributed by atoms with E-state index in [1.54, 1.807) is 18.2 Å². The van der Waals surface area contributed by atoms with E-state index in [1.807, 2.05) is 13.8 Å². The van der Waals surface area contributed by atoms with Crippen molar-refractivity contribution >= 4 is 11.9 Å². The maximum Gasteiger partial charge on any atom is 0.343 e. The lowest BCUT2D eigenvalue weighted by molar-refractivity contribution is -0.158. The predicted octanol–water partition coefficient (Wildman–Crippen LogP) is 2.68. The summed E-state index contributed by atoms with van der Waals surface area (Å²) in [6.45, 7) is 7.58. The van der Waals surface area contributed by atoms with Gasteiger partial charge in [0.15, 0.2) is 6.10 Å². The molecule has 0 aliphatic carbocycles. The normalized spacial score (nSPS) is 26.1. The minimum absolute atomic E-state index is 0.0796. The molecule has 108 valence electrons. The van der Waals surface area contributed by atoms with Crippen LogP contribution in [0.25, 0.3) is 0 Å². The summed E-state index contributed by atoms with van der Waals surface area (Å²) in [5.74, 6) is 0.472. The molecule has 0 radical (unpaired) electrons. The van der Waals surface area contributed by atoms with Gasteiger partial charge in [-0.3, -0.25) is 0 Å². The summed E-state index contributed by atoms with van der Waals surface area (Å²) in [5.41, 5.74) is -1.23. The number of carbonyl (C=O) groups excluding carboxylic acids is 1. The Kier molecular flexibility index (Phi) is 3.97. The van der Waals surface area contributed by atoms with Gasteiger partial charge in [-0.25, -0.2) is 9.79 Å². The molecule has 5 nitrogen and oxygen atoms in total. The van der Waals surface area contributed by atoms with Crippen LogP contribution in [-0.2, 0) is 19.8 Å². The zero-order valence-electron chi connectivity index (χ0n) is 12.0. The molecule has 0 unspecified atom stereocenters.